The van der Waals surface area contributed by atoms with Gasteiger partial charge in [-0.05, 0) is 18.3 Å². The first kappa shape index (κ1) is 15.9. The lowest BCUT2D eigenvalue weighted by molar-refractivity contribution is -0.141. The lowest BCUT2D eigenvalue weighted by atomic mass is 9.85. The average molecular weight is 243 g/mol. The number of hydrogen-bond acceptors (Lipinski definition) is 2. The molecule has 0 aliphatic carbocycles. The van der Waals surface area contributed by atoms with Crippen molar-refractivity contribution in [2.75, 3.05) is 7.05 Å². The van der Waals surface area contributed by atoms with Crippen LogP contribution in [0.5, 0.6) is 0 Å². The summed E-state index contributed by atoms with van der Waals surface area (Å²) in [5.41, 5.74) is -0.483. The summed E-state index contributed by atoms with van der Waals surface area (Å²) in [6.07, 6.45) is 2.16. The molecule has 0 fully saturated rings. The first-order chi connectivity index (χ1) is 7.73. The Hall–Kier alpha value is -1.06. The van der Waals surface area contributed by atoms with Crippen molar-refractivity contribution < 1.29 is 14.7 Å². The molecule has 0 atom stereocenters. The summed E-state index contributed by atoms with van der Waals surface area (Å²) >= 11 is 0. The van der Waals surface area contributed by atoms with E-state index in [1.165, 1.54) is 0 Å². The molecule has 0 aromatic heterocycles. The van der Waals surface area contributed by atoms with Crippen LogP contribution in [0.15, 0.2) is 0 Å². The topological polar surface area (TPSA) is 57.6 Å². The van der Waals surface area contributed by atoms with E-state index >= 15 is 0 Å². The van der Waals surface area contributed by atoms with E-state index in [0.29, 0.717) is 0 Å². The first-order valence-electron chi connectivity index (χ1n) is 6.21. The van der Waals surface area contributed by atoms with Crippen molar-refractivity contribution in [1.29, 1.82) is 0 Å². The Balaban J connectivity index is 4.47. The second-order valence-electron chi connectivity index (χ2n) is 5.39. The summed E-state index contributed by atoms with van der Waals surface area (Å²) < 4.78 is 0. The predicted molar refractivity (Wildman–Crippen MR) is 67.8 cm³/mol. The number of carboxylic acids is 1. The number of carbonyl (C=O) groups excluding carboxylic acids is 1. The molecule has 0 saturated heterocycles. The van der Waals surface area contributed by atoms with Gasteiger partial charge in [0.25, 0.3) is 0 Å². The third kappa shape index (κ3) is 5.71. The molecule has 17 heavy (non-hydrogen) atoms. The average Bonchev–Trinajstić information content (AvgIpc) is 2.16. The lowest BCUT2D eigenvalue weighted by Crippen LogP contribution is -2.38. The minimum absolute atomic E-state index is 0.0233. The number of amides is 1. The summed E-state index contributed by atoms with van der Waals surface area (Å²) in [7, 11) is 1.80. The third-order valence-corrected chi connectivity index (χ3v) is 3.14. The van der Waals surface area contributed by atoms with Crippen LogP contribution < -0.4 is 0 Å². The monoisotopic (exact) mass is 243 g/mol. The lowest BCUT2D eigenvalue weighted by Gasteiger charge is -2.30. The SMILES string of the molecule is CCC(CC)N(C)C(=O)CC(C)(C)CC(=O)O. The van der Waals surface area contributed by atoms with Gasteiger partial charge in [-0.3, -0.25) is 9.59 Å². The van der Waals surface area contributed by atoms with Crippen LogP contribution in [0.3, 0.4) is 0 Å². The summed E-state index contributed by atoms with van der Waals surface area (Å²) in [4.78, 5) is 24.5. The highest BCUT2D eigenvalue weighted by molar-refractivity contribution is 5.78. The standard InChI is InChI=1S/C13H25NO3/c1-6-10(7-2)14(5)11(15)8-13(3,4)9-12(16)17/h10H,6-9H2,1-5H3,(H,16,17). The van der Waals surface area contributed by atoms with Gasteiger partial charge in [0.1, 0.15) is 0 Å². The van der Waals surface area contributed by atoms with E-state index < -0.39 is 11.4 Å². The predicted octanol–water partition coefficient (Wildman–Crippen LogP) is 2.52. The van der Waals surface area contributed by atoms with Crippen molar-refractivity contribution in [3.05, 3.63) is 0 Å². The number of hydrogen-bond donors (Lipinski definition) is 1. The van der Waals surface area contributed by atoms with Crippen LogP contribution in [0.2, 0.25) is 0 Å². The Bertz CT molecular complexity index is 270. The summed E-state index contributed by atoms with van der Waals surface area (Å²) in [5.74, 6) is -0.821. The van der Waals surface area contributed by atoms with Crippen molar-refractivity contribution in [3.8, 4) is 0 Å². The molecule has 0 spiro atoms. The van der Waals surface area contributed by atoms with Gasteiger partial charge in [-0.2, -0.15) is 0 Å². The van der Waals surface area contributed by atoms with Crippen molar-refractivity contribution in [2.45, 2.75) is 59.4 Å². The Morgan fingerprint density at radius 3 is 2.00 bits per heavy atom. The van der Waals surface area contributed by atoms with E-state index in [1.54, 1.807) is 11.9 Å². The number of carboxylic acid groups (broad SMARTS) is 1. The molecule has 0 unspecified atom stereocenters. The van der Waals surface area contributed by atoms with Gasteiger partial charge < -0.3 is 10.0 Å². The highest BCUT2D eigenvalue weighted by atomic mass is 16.4. The maximum atomic E-state index is 12.0. The Labute approximate surface area is 104 Å². The highest BCUT2D eigenvalue weighted by Gasteiger charge is 2.28. The summed E-state index contributed by atoms with van der Waals surface area (Å²) in [6.45, 7) is 7.75. The normalized spacial score (nSPS) is 11.6. The minimum Gasteiger partial charge on any atom is -0.481 e. The third-order valence-electron chi connectivity index (χ3n) is 3.14. The number of rotatable bonds is 7. The molecule has 1 N–H and O–H groups in total. The zero-order valence-corrected chi connectivity index (χ0v) is 11.6. The second kappa shape index (κ2) is 6.62. The molecule has 4 heteroatoms. The summed E-state index contributed by atoms with van der Waals surface area (Å²) in [6, 6.07) is 0.253. The molecule has 0 rings (SSSR count). The van der Waals surface area contributed by atoms with Gasteiger partial charge in [0.05, 0.1) is 6.42 Å². The van der Waals surface area contributed by atoms with E-state index in [-0.39, 0.29) is 24.8 Å². The van der Waals surface area contributed by atoms with Crippen LogP contribution in [-0.2, 0) is 9.59 Å². The quantitative estimate of drug-likeness (QED) is 0.747. The molecule has 100 valence electrons. The van der Waals surface area contributed by atoms with E-state index in [1.807, 2.05) is 13.8 Å². The van der Waals surface area contributed by atoms with Crippen molar-refractivity contribution in [2.24, 2.45) is 5.41 Å². The Morgan fingerprint density at radius 2 is 1.65 bits per heavy atom. The summed E-state index contributed by atoms with van der Waals surface area (Å²) in [5, 5.41) is 8.78. The molecule has 0 aliphatic rings. The van der Waals surface area contributed by atoms with Gasteiger partial charge in [0.15, 0.2) is 0 Å². The molecule has 4 nitrogen and oxygen atoms in total. The molecule has 0 aromatic carbocycles. The molecular formula is C13H25NO3. The van der Waals surface area contributed by atoms with Crippen LogP contribution in [0.1, 0.15) is 53.4 Å². The molecule has 0 heterocycles. The van der Waals surface area contributed by atoms with Gasteiger partial charge in [0.2, 0.25) is 5.91 Å². The molecular weight excluding hydrogens is 218 g/mol. The second-order valence-corrected chi connectivity index (χ2v) is 5.39. The molecule has 0 aromatic rings. The Morgan fingerprint density at radius 1 is 1.18 bits per heavy atom. The zero-order valence-electron chi connectivity index (χ0n) is 11.6. The molecule has 0 bridgehead atoms. The molecule has 0 saturated carbocycles. The van der Waals surface area contributed by atoms with Gasteiger partial charge in [-0.25, -0.2) is 0 Å². The zero-order chi connectivity index (χ0) is 13.6. The van der Waals surface area contributed by atoms with Crippen molar-refractivity contribution in [1.82, 2.24) is 4.90 Å². The fourth-order valence-electron chi connectivity index (χ4n) is 2.05. The van der Waals surface area contributed by atoms with E-state index in [2.05, 4.69) is 13.8 Å². The van der Waals surface area contributed by atoms with Crippen LogP contribution in [-0.4, -0.2) is 35.0 Å². The minimum atomic E-state index is -0.854. The van der Waals surface area contributed by atoms with Crippen LogP contribution in [0.25, 0.3) is 0 Å². The number of nitrogens with zero attached hydrogens (tertiary/aromatic N) is 1. The van der Waals surface area contributed by atoms with Gasteiger partial charge >= 0.3 is 5.97 Å². The van der Waals surface area contributed by atoms with Crippen molar-refractivity contribution >= 4 is 11.9 Å². The molecule has 0 radical (unpaired) electrons. The highest BCUT2D eigenvalue weighted by Crippen LogP contribution is 2.26. The number of carbonyl (C=O) groups is 2. The fourth-order valence-corrected chi connectivity index (χ4v) is 2.05. The van der Waals surface area contributed by atoms with Crippen LogP contribution >= 0.6 is 0 Å². The molecule has 0 aliphatic heterocycles. The largest absolute Gasteiger partial charge is 0.481 e. The van der Waals surface area contributed by atoms with Crippen LogP contribution in [0.4, 0.5) is 0 Å². The van der Waals surface area contributed by atoms with Crippen LogP contribution in [0, 0.1) is 5.41 Å². The smallest absolute Gasteiger partial charge is 0.303 e. The van der Waals surface area contributed by atoms with Gasteiger partial charge in [-0.1, -0.05) is 27.7 Å². The van der Waals surface area contributed by atoms with Crippen molar-refractivity contribution in [3.63, 3.8) is 0 Å². The molecule has 1 amide bonds. The number of aliphatic carboxylic acids is 1. The van der Waals surface area contributed by atoms with Gasteiger partial charge in [0, 0.05) is 19.5 Å². The van der Waals surface area contributed by atoms with E-state index in [4.69, 9.17) is 5.11 Å². The fraction of sp³-hybridized carbons (Fsp3) is 0.846. The maximum Gasteiger partial charge on any atom is 0.303 e. The Kier molecular flexibility index (Phi) is 6.21. The van der Waals surface area contributed by atoms with E-state index in [9.17, 15) is 9.59 Å². The first-order valence-corrected chi connectivity index (χ1v) is 6.21. The van der Waals surface area contributed by atoms with E-state index in [0.717, 1.165) is 12.8 Å². The van der Waals surface area contributed by atoms with Gasteiger partial charge in [-0.15, -0.1) is 0 Å². The maximum absolute atomic E-state index is 12.0.